The molecule has 0 saturated heterocycles. The second-order valence-electron chi connectivity index (χ2n) is 4.21. The summed E-state index contributed by atoms with van der Waals surface area (Å²) in [6, 6.07) is 7.79. The van der Waals surface area contributed by atoms with Gasteiger partial charge >= 0.3 is 0 Å². The Hall–Kier alpha value is -0.570. The van der Waals surface area contributed by atoms with Gasteiger partial charge in [0.1, 0.15) is 0 Å². The van der Waals surface area contributed by atoms with Gasteiger partial charge in [0.15, 0.2) is 0 Å². The minimum atomic E-state index is -0.365. The fraction of sp³-hybridized carbons (Fsp3) is 0.500. The highest BCUT2D eigenvalue weighted by atomic mass is 35.5. The van der Waals surface area contributed by atoms with E-state index >= 15 is 0 Å². The number of hydrogen-bond donors (Lipinski definition) is 2. The van der Waals surface area contributed by atoms with Crippen LogP contribution in [0.25, 0.3) is 0 Å². The van der Waals surface area contributed by atoms with Crippen LogP contribution in [-0.2, 0) is 0 Å². The van der Waals surface area contributed by atoms with Gasteiger partial charge in [0.2, 0.25) is 0 Å². The molecule has 1 aliphatic rings. The minimum absolute atomic E-state index is 0. The molecule has 1 aliphatic carbocycles. The van der Waals surface area contributed by atoms with Crippen molar-refractivity contribution < 1.29 is 5.11 Å². The number of rotatable bonds is 3. The smallest absolute Gasteiger partial charge is 0.0760 e. The van der Waals surface area contributed by atoms with E-state index in [-0.39, 0.29) is 24.6 Å². The molecule has 0 amide bonds. The van der Waals surface area contributed by atoms with Gasteiger partial charge in [-0.2, -0.15) is 0 Å². The molecule has 0 unspecified atom stereocenters. The molecule has 0 aromatic heterocycles. The molecule has 1 aromatic rings. The third-order valence-electron chi connectivity index (χ3n) is 3.02. The van der Waals surface area contributed by atoms with E-state index in [4.69, 9.17) is 5.73 Å². The van der Waals surface area contributed by atoms with Crippen molar-refractivity contribution in [3.05, 3.63) is 35.4 Å². The molecular weight excluding hydrogens is 210 g/mol. The van der Waals surface area contributed by atoms with Gasteiger partial charge in [0.25, 0.3) is 0 Å². The molecule has 3 heteroatoms. The van der Waals surface area contributed by atoms with Crippen LogP contribution in [0.15, 0.2) is 24.3 Å². The molecule has 3 N–H and O–H groups in total. The van der Waals surface area contributed by atoms with Crippen LogP contribution in [0.3, 0.4) is 0 Å². The van der Waals surface area contributed by atoms with Crippen molar-refractivity contribution in [2.45, 2.75) is 31.9 Å². The standard InChI is InChI=1S/C12H17NO.ClH/c1-8-4-2-3-5-10(8)11(13)12(14)9-6-7-9;/h2-5,9,11-12,14H,6-7,13H2,1H3;1H/t11-,12+;/m0./s1. The van der Waals surface area contributed by atoms with E-state index in [1.165, 1.54) is 5.56 Å². The van der Waals surface area contributed by atoms with Gasteiger partial charge in [-0.15, -0.1) is 12.4 Å². The zero-order valence-electron chi connectivity index (χ0n) is 8.89. The zero-order valence-corrected chi connectivity index (χ0v) is 9.70. The Morgan fingerprint density at radius 3 is 2.47 bits per heavy atom. The SMILES string of the molecule is Cc1ccccc1[C@H](N)[C@H](O)C1CC1.Cl. The molecule has 1 saturated carbocycles. The summed E-state index contributed by atoms with van der Waals surface area (Å²) in [6.45, 7) is 2.04. The van der Waals surface area contributed by atoms with Crippen LogP contribution >= 0.6 is 12.4 Å². The highest BCUT2D eigenvalue weighted by Gasteiger charge is 2.34. The van der Waals surface area contributed by atoms with Gasteiger partial charge in [-0.05, 0) is 36.8 Å². The van der Waals surface area contributed by atoms with Crippen molar-refractivity contribution in [3.8, 4) is 0 Å². The fourth-order valence-corrected chi connectivity index (χ4v) is 1.88. The number of aliphatic hydroxyl groups excluding tert-OH is 1. The first-order chi connectivity index (χ1) is 6.70. The Bertz CT molecular complexity index is 325. The lowest BCUT2D eigenvalue weighted by atomic mass is 9.95. The van der Waals surface area contributed by atoms with E-state index in [2.05, 4.69) is 0 Å². The van der Waals surface area contributed by atoms with Crippen LogP contribution in [0.5, 0.6) is 0 Å². The molecule has 15 heavy (non-hydrogen) atoms. The number of nitrogens with two attached hydrogens (primary N) is 1. The second kappa shape index (κ2) is 4.97. The first-order valence-electron chi connectivity index (χ1n) is 5.19. The second-order valence-corrected chi connectivity index (χ2v) is 4.21. The highest BCUT2D eigenvalue weighted by molar-refractivity contribution is 5.85. The summed E-state index contributed by atoms with van der Waals surface area (Å²) in [4.78, 5) is 0. The maximum Gasteiger partial charge on any atom is 0.0760 e. The van der Waals surface area contributed by atoms with E-state index in [9.17, 15) is 5.11 Å². The Morgan fingerprint density at radius 1 is 1.33 bits per heavy atom. The van der Waals surface area contributed by atoms with Crippen molar-refractivity contribution in [1.29, 1.82) is 0 Å². The van der Waals surface area contributed by atoms with Gasteiger partial charge in [-0.3, -0.25) is 0 Å². The van der Waals surface area contributed by atoms with Crippen molar-refractivity contribution in [2.75, 3.05) is 0 Å². The molecule has 1 aromatic carbocycles. The van der Waals surface area contributed by atoms with E-state index < -0.39 is 0 Å². The Balaban J connectivity index is 0.00000112. The lowest BCUT2D eigenvalue weighted by Gasteiger charge is -2.20. The van der Waals surface area contributed by atoms with E-state index in [0.717, 1.165) is 18.4 Å². The van der Waals surface area contributed by atoms with Crippen LogP contribution < -0.4 is 5.73 Å². The Labute approximate surface area is 96.9 Å². The van der Waals surface area contributed by atoms with Crippen LogP contribution in [0.2, 0.25) is 0 Å². The van der Waals surface area contributed by atoms with Gasteiger partial charge in [-0.25, -0.2) is 0 Å². The zero-order chi connectivity index (χ0) is 10.1. The van der Waals surface area contributed by atoms with E-state index in [1.54, 1.807) is 0 Å². The molecular formula is C12H18ClNO. The Morgan fingerprint density at radius 2 is 1.93 bits per heavy atom. The summed E-state index contributed by atoms with van der Waals surface area (Å²) >= 11 is 0. The first-order valence-corrected chi connectivity index (χ1v) is 5.19. The summed E-state index contributed by atoms with van der Waals surface area (Å²) in [6.07, 6.45) is 1.89. The number of aryl methyl sites for hydroxylation is 1. The Kier molecular flexibility index (Phi) is 4.14. The molecule has 84 valence electrons. The highest BCUT2D eigenvalue weighted by Crippen LogP contribution is 2.37. The minimum Gasteiger partial charge on any atom is -0.391 e. The number of aliphatic hydroxyl groups is 1. The van der Waals surface area contributed by atoms with Gasteiger partial charge < -0.3 is 10.8 Å². The molecule has 0 heterocycles. The fourth-order valence-electron chi connectivity index (χ4n) is 1.88. The first kappa shape index (κ1) is 12.5. The van der Waals surface area contributed by atoms with Crippen molar-refractivity contribution >= 4 is 12.4 Å². The normalized spacial score (nSPS) is 19.1. The van der Waals surface area contributed by atoms with Gasteiger partial charge in [0.05, 0.1) is 12.1 Å². The number of benzene rings is 1. The summed E-state index contributed by atoms with van der Waals surface area (Å²) in [7, 11) is 0. The van der Waals surface area contributed by atoms with Crippen molar-refractivity contribution in [1.82, 2.24) is 0 Å². The molecule has 2 atom stereocenters. The molecule has 0 spiro atoms. The van der Waals surface area contributed by atoms with Crippen LogP contribution in [0.1, 0.15) is 30.0 Å². The van der Waals surface area contributed by atoms with Gasteiger partial charge in [0, 0.05) is 0 Å². The van der Waals surface area contributed by atoms with Gasteiger partial charge in [-0.1, -0.05) is 24.3 Å². The summed E-state index contributed by atoms with van der Waals surface area (Å²) < 4.78 is 0. The molecule has 2 nitrogen and oxygen atoms in total. The molecule has 0 bridgehead atoms. The monoisotopic (exact) mass is 227 g/mol. The van der Waals surface area contributed by atoms with Crippen LogP contribution in [0.4, 0.5) is 0 Å². The maximum atomic E-state index is 9.91. The summed E-state index contributed by atoms with van der Waals surface area (Å²) in [5, 5.41) is 9.91. The van der Waals surface area contributed by atoms with Crippen LogP contribution in [-0.4, -0.2) is 11.2 Å². The maximum absolute atomic E-state index is 9.91. The number of hydrogen-bond acceptors (Lipinski definition) is 2. The number of halogens is 1. The average molecular weight is 228 g/mol. The molecule has 0 radical (unpaired) electrons. The lowest BCUT2D eigenvalue weighted by Crippen LogP contribution is -2.28. The van der Waals surface area contributed by atoms with E-state index in [1.807, 2.05) is 31.2 Å². The third kappa shape index (κ3) is 2.71. The molecule has 1 fully saturated rings. The predicted molar refractivity (Wildman–Crippen MR) is 64.1 cm³/mol. The summed E-state index contributed by atoms with van der Waals surface area (Å²) in [5.74, 6) is 0.435. The average Bonchev–Trinajstić information content (AvgIpc) is 3.00. The third-order valence-corrected chi connectivity index (χ3v) is 3.02. The molecule has 2 rings (SSSR count). The summed E-state index contributed by atoms with van der Waals surface area (Å²) in [5.41, 5.74) is 8.27. The van der Waals surface area contributed by atoms with Crippen molar-refractivity contribution in [2.24, 2.45) is 11.7 Å². The largest absolute Gasteiger partial charge is 0.391 e. The van der Waals surface area contributed by atoms with Crippen LogP contribution in [0, 0.1) is 12.8 Å². The predicted octanol–water partition coefficient (Wildman–Crippen LogP) is 2.19. The quantitative estimate of drug-likeness (QED) is 0.832. The lowest BCUT2D eigenvalue weighted by molar-refractivity contribution is 0.122. The van der Waals surface area contributed by atoms with E-state index in [0.29, 0.717) is 5.92 Å². The topological polar surface area (TPSA) is 46.2 Å². The van der Waals surface area contributed by atoms with Crippen molar-refractivity contribution in [3.63, 3.8) is 0 Å². The molecule has 0 aliphatic heterocycles.